The molecule has 0 aliphatic heterocycles. The van der Waals surface area contributed by atoms with Crippen molar-refractivity contribution in [2.24, 2.45) is 5.73 Å². The Kier molecular flexibility index (Phi) is 6.74. The third kappa shape index (κ3) is 5.18. The van der Waals surface area contributed by atoms with Crippen LogP contribution in [0.4, 0.5) is 0 Å². The van der Waals surface area contributed by atoms with Crippen molar-refractivity contribution in [3.05, 3.63) is 23.8 Å². The van der Waals surface area contributed by atoms with Gasteiger partial charge in [0.15, 0.2) is 11.5 Å². The molecule has 5 nitrogen and oxygen atoms in total. The number of amides is 1. The van der Waals surface area contributed by atoms with Crippen LogP contribution in [0.2, 0.25) is 0 Å². The number of hydrogen-bond acceptors (Lipinski definition) is 4. The quantitative estimate of drug-likeness (QED) is 0.709. The van der Waals surface area contributed by atoms with Gasteiger partial charge in [-0.25, -0.2) is 0 Å². The van der Waals surface area contributed by atoms with Crippen LogP contribution in [0.5, 0.6) is 11.5 Å². The number of carbonyl (C=O) groups is 1. The molecule has 1 aromatic carbocycles. The van der Waals surface area contributed by atoms with Crippen molar-refractivity contribution in [1.82, 2.24) is 5.32 Å². The standard InChI is InChI=1S/C14H22N2O3/c1-3-16-10-11-6-5-7-12(18-4-2)14(11)19-9-8-13(15)17/h5-7,16H,3-4,8-10H2,1-2H3,(H2,15,17). The van der Waals surface area contributed by atoms with Gasteiger partial charge in [0.05, 0.1) is 19.6 Å². The maximum Gasteiger partial charge on any atom is 0.220 e. The number of para-hydroxylation sites is 1. The van der Waals surface area contributed by atoms with E-state index in [1.807, 2.05) is 32.0 Å². The second kappa shape index (κ2) is 8.37. The fourth-order valence-electron chi connectivity index (χ4n) is 1.65. The van der Waals surface area contributed by atoms with E-state index in [4.69, 9.17) is 15.2 Å². The van der Waals surface area contributed by atoms with Gasteiger partial charge >= 0.3 is 0 Å². The summed E-state index contributed by atoms with van der Waals surface area (Å²) in [6.07, 6.45) is 0.196. The van der Waals surface area contributed by atoms with E-state index in [0.717, 1.165) is 12.1 Å². The van der Waals surface area contributed by atoms with Gasteiger partial charge in [0.1, 0.15) is 0 Å². The molecule has 0 atom stereocenters. The van der Waals surface area contributed by atoms with Crippen molar-refractivity contribution in [3.63, 3.8) is 0 Å². The predicted octanol–water partition coefficient (Wildman–Crippen LogP) is 1.45. The van der Waals surface area contributed by atoms with Crippen molar-refractivity contribution in [3.8, 4) is 11.5 Å². The minimum atomic E-state index is -0.373. The van der Waals surface area contributed by atoms with E-state index in [1.54, 1.807) is 0 Å². The Morgan fingerprint density at radius 3 is 2.74 bits per heavy atom. The lowest BCUT2D eigenvalue weighted by atomic mass is 10.2. The van der Waals surface area contributed by atoms with Crippen LogP contribution in [0.25, 0.3) is 0 Å². The third-order valence-electron chi connectivity index (χ3n) is 2.52. The summed E-state index contributed by atoms with van der Waals surface area (Å²) in [6, 6.07) is 5.77. The molecule has 0 heterocycles. The number of rotatable bonds is 9. The largest absolute Gasteiger partial charge is 0.490 e. The summed E-state index contributed by atoms with van der Waals surface area (Å²) < 4.78 is 11.2. The molecule has 1 aromatic rings. The number of primary amides is 1. The first-order valence-corrected chi connectivity index (χ1v) is 6.55. The minimum absolute atomic E-state index is 0.196. The van der Waals surface area contributed by atoms with Crippen LogP contribution >= 0.6 is 0 Å². The van der Waals surface area contributed by atoms with Gasteiger partial charge in [0.25, 0.3) is 0 Å². The van der Waals surface area contributed by atoms with Gasteiger partial charge in [0.2, 0.25) is 5.91 Å². The zero-order chi connectivity index (χ0) is 14.1. The van der Waals surface area contributed by atoms with Gasteiger partial charge in [-0.15, -0.1) is 0 Å². The van der Waals surface area contributed by atoms with Crippen molar-refractivity contribution < 1.29 is 14.3 Å². The Morgan fingerprint density at radius 1 is 1.32 bits per heavy atom. The lowest BCUT2D eigenvalue weighted by Gasteiger charge is -2.15. The SMILES string of the molecule is CCNCc1cccc(OCC)c1OCCC(N)=O. The summed E-state index contributed by atoms with van der Waals surface area (Å²) in [5, 5.41) is 3.25. The molecule has 0 fully saturated rings. The highest BCUT2D eigenvalue weighted by atomic mass is 16.5. The summed E-state index contributed by atoms with van der Waals surface area (Å²) in [7, 11) is 0. The van der Waals surface area contributed by atoms with E-state index in [1.165, 1.54) is 0 Å². The second-order valence-electron chi connectivity index (χ2n) is 4.02. The zero-order valence-corrected chi connectivity index (χ0v) is 11.6. The number of hydrogen-bond donors (Lipinski definition) is 2. The van der Waals surface area contributed by atoms with Crippen LogP contribution in [0.1, 0.15) is 25.8 Å². The van der Waals surface area contributed by atoms with E-state index >= 15 is 0 Å². The number of ether oxygens (including phenoxy) is 2. The molecule has 1 rings (SSSR count). The van der Waals surface area contributed by atoms with Crippen LogP contribution in [0, 0.1) is 0 Å². The molecule has 106 valence electrons. The Labute approximate surface area is 114 Å². The summed E-state index contributed by atoms with van der Waals surface area (Å²) in [6.45, 7) is 6.36. The third-order valence-corrected chi connectivity index (χ3v) is 2.52. The summed E-state index contributed by atoms with van der Waals surface area (Å²) in [5.74, 6) is 1.01. The van der Waals surface area contributed by atoms with Gasteiger partial charge < -0.3 is 20.5 Å². The molecule has 0 spiro atoms. The number of nitrogens with one attached hydrogen (secondary N) is 1. The fraction of sp³-hybridized carbons (Fsp3) is 0.500. The monoisotopic (exact) mass is 266 g/mol. The van der Waals surface area contributed by atoms with Crippen molar-refractivity contribution in [2.45, 2.75) is 26.8 Å². The molecule has 0 aromatic heterocycles. The summed E-state index contributed by atoms with van der Waals surface area (Å²) in [4.78, 5) is 10.8. The molecule has 0 aliphatic rings. The first-order chi connectivity index (χ1) is 9.19. The molecular formula is C14H22N2O3. The minimum Gasteiger partial charge on any atom is -0.490 e. The maximum absolute atomic E-state index is 10.8. The first-order valence-electron chi connectivity index (χ1n) is 6.55. The molecule has 0 aliphatic carbocycles. The van der Waals surface area contributed by atoms with E-state index in [9.17, 15) is 4.79 Å². The van der Waals surface area contributed by atoms with Crippen LogP contribution in [0.3, 0.4) is 0 Å². The van der Waals surface area contributed by atoms with Gasteiger partial charge in [-0.05, 0) is 19.5 Å². The highest BCUT2D eigenvalue weighted by Gasteiger charge is 2.11. The molecule has 5 heteroatoms. The van der Waals surface area contributed by atoms with Crippen LogP contribution in [0.15, 0.2) is 18.2 Å². The van der Waals surface area contributed by atoms with Crippen LogP contribution < -0.4 is 20.5 Å². The predicted molar refractivity (Wildman–Crippen MR) is 74.3 cm³/mol. The van der Waals surface area contributed by atoms with E-state index in [0.29, 0.717) is 24.7 Å². The Balaban J connectivity index is 2.82. The number of benzene rings is 1. The van der Waals surface area contributed by atoms with Gasteiger partial charge in [-0.3, -0.25) is 4.79 Å². The second-order valence-corrected chi connectivity index (χ2v) is 4.02. The average molecular weight is 266 g/mol. The molecule has 19 heavy (non-hydrogen) atoms. The summed E-state index contributed by atoms with van der Waals surface area (Å²) in [5.41, 5.74) is 6.12. The lowest BCUT2D eigenvalue weighted by molar-refractivity contribution is -0.118. The highest BCUT2D eigenvalue weighted by Crippen LogP contribution is 2.31. The molecule has 0 radical (unpaired) electrons. The Morgan fingerprint density at radius 2 is 2.11 bits per heavy atom. The Hall–Kier alpha value is -1.75. The smallest absolute Gasteiger partial charge is 0.220 e. The fourth-order valence-corrected chi connectivity index (χ4v) is 1.65. The van der Waals surface area contributed by atoms with E-state index in [2.05, 4.69) is 5.32 Å². The van der Waals surface area contributed by atoms with Gasteiger partial charge in [0, 0.05) is 12.1 Å². The molecule has 0 saturated heterocycles. The highest BCUT2D eigenvalue weighted by molar-refractivity contribution is 5.73. The van der Waals surface area contributed by atoms with Crippen LogP contribution in [-0.4, -0.2) is 25.7 Å². The first kappa shape index (κ1) is 15.3. The van der Waals surface area contributed by atoms with E-state index < -0.39 is 0 Å². The molecule has 0 saturated carbocycles. The molecular weight excluding hydrogens is 244 g/mol. The van der Waals surface area contributed by atoms with Gasteiger partial charge in [-0.2, -0.15) is 0 Å². The molecule has 3 N–H and O–H groups in total. The average Bonchev–Trinajstić information content (AvgIpc) is 2.38. The topological polar surface area (TPSA) is 73.6 Å². The molecule has 0 unspecified atom stereocenters. The normalized spacial score (nSPS) is 10.2. The van der Waals surface area contributed by atoms with Gasteiger partial charge in [-0.1, -0.05) is 19.1 Å². The Bertz CT molecular complexity index is 408. The van der Waals surface area contributed by atoms with Crippen LogP contribution in [-0.2, 0) is 11.3 Å². The molecule has 1 amide bonds. The van der Waals surface area contributed by atoms with E-state index in [-0.39, 0.29) is 18.9 Å². The van der Waals surface area contributed by atoms with Crippen molar-refractivity contribution in [1.29, 1.82) is 0 Å². The summed E-state index contributed by atoms with van der Waals surface area (Å²) >= 11 is 0. The lowest BCUT2D eigenvalue weighted by Crippen LogP contribution is -2.17. The zero-order valence-electron chi connectivity index (χ0n) is 11.6. The number of carbonyl (C=O) groups excluding carboxylic acids is 1. The number of nitrogens with two attached hydrogens (primary N) is 1. The van der Waals surface area contributed by atoms with Crippen molar-refractivity contribution >= 4 is 5.91 Å². The molecule has 0 bridgehead atoms. The maximum atomic E-state index is 10.8. The van der Waals surface area contributed by atoms with Crippen molar-refractivity contribution in [2.75, 3.05) is 19.8 Å².